The van der Waals surface area contributed by atoms with Crippen molar-refractivity contribution in [1.82, 2.24) is 0 Å². The number of fused-ring (bicyclic) bond motifs is 3. The first-order valence-corrected chi connectivity index (χ1v) is 29.7. The highest BCUT2D eigenvalue weighted by Gasteiger charge is 2.91. The van der Waals surface area contributed by atoms with Gasteiger partial charge in [-0.15, -0.1) is 0 Å². The van der Waals surface area contributed by atoms with E-state index in [0.717, 1.165) is 25.7 Å². The van der Waals surface area contributed by atoms with Crippen LogP contribution >= 0.6 is 0 Å². The Balaban J connectivity index is 0.761. The highest BCUT2D eigenvalue weighted by atomic mass is 16.9. The Morgan fingerprint density at radius 2 is 1.23 bits per heavy atom. The summed E-state index contributed by atoms with van der Waals surface area (Å²) in [5, 5.41) is 34.6. The normalized spacial score (nSPS) is 52.5. The van der Waals surface area contributed by atoms with Crippen molar-refractivity contribution in [2.24, 2.45) is 28.6 Å². The van der Waals surface area contributed by atoms with Gasteiger partial charge in [0.05, 0.1) is 66.8 Å². The van der Waals surface area contributed by atoms with Crippen LogP contribution in [0.3, 0.4) is 0 Å². The van der Waals surface area contributed by atoms with E-state index in [1.807, 2.05) is 41.5 Å². The Morgan fingerprint density at radius 1 is 0.650 bits per heavy atom. The van der Waals surface area contributed by atoms with Gasteiger partial charge in [-0.1, -0.05) is 20.8 Å². The van der Waals surface area contributed by atoms with Crippen molar-refractivity contribution in [3.8, 4) is 0 Å². The lowest BCUT2D eigenvalue weighted by Crippen LogP contribution is -2.81. The molecule has 0 aromatic rings. The van der Waals surface area contributed by atoms with E-state index in [0.29, 0.717) is 44.9 Å². The lowest BCUT2D eigenvalue weighted by Gasteiger charge is -2.69. The maximum absolute atomic E-state index is 13.3. The second-order valence-corrected chi connectivity index (χ2v) is 25.6. The molecule has 10 fully saturated rings. The number of aliphatic hydroxyl groups excluding tert-OH is 2. The monoisotopic (exact) mass is 1140 g/mol. The molecular weight excluding hydrogens is 1050 g/mol. The Kier molecular flexibility index (Phi) is 17.7. The number of hydrogen-bond donors (Lipinski definition) is 3. The van der Waals surface area contributed by atoms with Crippen LogP contribution in [0, 0.1) is 28.6 Å². The van der Waals surface area contributed by atoms with E-state index < -0.39 is 145 Å². The standard InChI is InChI=1S/C58H94O22/c1-15-28(2)51(62)73-33(7)56(63)20-21-58-55(56)27-68-54(10,80-58)79-57(58)19-16-35-22-36(17-18-53(35,9)40(57)26-41(55)74-34(8)59)75-42-23-37(64-11)47(30(4)69-42)76-43-24-38(65-12)48(31(5)70-43)77-44-25-39(66-13)49(32(6)71-44)78-52-46(61)50(67-14)45(60)29(3)72-52/h28-33,35-50,52,60-61,63H,15-27H2,1-14H3/t28?,29-,30-,31-,32-,33+,35+,36+,37+,38+,39-,40-,41-,42+,43+,44+,45-,46-,47-,48-,49-,50+,52+,53+,54+,55-,56-,57+,58-/m1/s1. The molecule has 6 saturated heterocycles. The molecule has 2 spiro atoms. The Hall–Kier alpha value is -1.78. The van der Waals surface area contributed by atoms with Gasteiger partial charge in [0.2, 0.25) is 0 Å². The lowest BCUT2D eigenvalue weighted by molar-refractivity contribution is -0.406. The number of methoxy groups -OCH3 is 4. The average Bonchev–Trinajstić information content (AvgIpc) is 2.81. The number of carbonyl (C=O) groups is 2. The average molecular weight is 1140 g/mol. The smallest absolute Gasteiger partial charge is 0.309 e. The van der Waals surface area contributed by atoms with Gasteiger partial charge >= 0.3 is 11.9 Å². The first kappa shape index (κ1) is 61.3. The summed E-state index contributed by atoms with van der Waals surface area (Å²) in [6.45, 7) is 18.5. The lowest BCUT2D eigenvalue weighted by atomic mass is 9.40. The quantitative estimate of drug-likeness (QED) is 0.132. The number of aliphatic hydroxyl groups is 3. The van der Waals surface area contributed by atoms with Crippen LogP contribution in [0.15, 0.2) is 0 Å². The summed E-state index contributed by atoms with van der Waals surface area (Å²) < 4.78 is 109. The van der Waals surface area contributed by atoms with Crippen LogP contribution in [0.4, 0.5) is 0 Å². The third-order valence-electron chi connectivity index (χ3n) is 21.4. The fourth-order valence-corrected chi connectivity index (χ4v) is 17.0. The van der Waals surface area contributed by atoms with E-state index in [1.54, 1.807) is 35.2 Å². The minimum Gasteiger partial charge on any atom is -0.462 e. The van der Waals surface area contributed by atoms with Crippen LogP contribution in [-0.2, 0) is 90.1 Å². The zero-order valence-electron chi connectivity index (χ0n) is 49.6. The Bertz CT molecular complexity index is 2180. The zero-order valence-corrected chi connectivity index (χ0v) is 49.6. The van der Waals surface area contributed by atoms with Crippen LogP contribution in [0.25, 0.3) is 0 Å². The van der Waals surface area contributed by atoms with Gasteiger partial charge in [0.25, 0.3) is 5.97 Å². The first-order valence-electron chi connectivity index (χ1n) is 29.7. The molecule has 4 aliphatic carbocycles. The van der Waals surface area contributed by atoms with E-state index in [-0.39, 0.29) is 54.4 Å². The molecule has 0 aromatic carbocycles. The summed E-state index contributed by atoms with van der Waals surface area (Å²) >= 11 is 0. The maximum Gasteiger partial charge on any atom is 0.309 e. The molecule has 10 rings (SSSR count). The molecule has 10 aliphatic rings. The van der Waals surface area contributed by atoms with E-state index in [9.17, 15) is 24.9 Å². The molecular formula is C58H94O22. The van der Waals surface area contributed by atoms with Gasteiger partial charge < -0.3 is 95.8 Å². The second-order valence-electron chi connectivity index (χ2n) is 25.6. The number of rotatable bonds is 17. The molecule has 22 nitrogen and oxygen atoms in total. The molecule has 0 amide bonds. The van der Waals surface area contributed by atoms with E-state index in [1.165, 1.54) is 14.0 Å². The molecule has 0 aromatic heterocycles. The molecule has 80 heavy (non-hydrogen) atoms. The van der Waals surface area contributed by atoms with Gasteiger partial charge in [-0.3, -0.25) is 9.59 Å². The third kappa shape index (κ3) is 10.0. The summed E-state index contributed by atoms with van der Waals surface area (Å²) in [5.41, 5.74) is -5.20. The second kappa shape index (κ2) is 23.1. The molecule has 22 heteroatoms. The number of carbonyl (C=O) groups excluding carboxylic acids is 2. The number of ether oxygens (including phenoxy) is 17. The molecule has 2 bridgehead atoms. The van der Waals surface area contributed by atoms with Crippen molar-refractivity contribution < 1.29 is 105 Å². The van der Waals surface area contributed by atoms with Crippen molar-refractivity contribution in [1.29, 1.82) is 0 Å². The molecule has 6 aliphatic heterocycles. The molecule has 0 radical (unpaired) electrons. The van der Waals surface area contributed by atoms with Gasteiger partial charge in [-0.2, -0.15) is 0 Å². The van der Waals surface area contributed by atoms with Gasteiger partial charge in [-0.05, 0) is 104 Å². The first-order chi connectivity index (χ1) is 37.9. The molecule has 1 unspecified atom stereocenters. The van der Waals surface area contributed by atoms with Gasteiger partial charge in [-0.25, -0.2) is 0 Å². The van der Waals surface area contributed by atoms with Crippen molar-refractivity contribution in [3.63, 3.8) is 0 Å². The molecule has 4 saturated carbocycles. The van der Waals surface area contributed by atoms with Crippen LogP contribution in [0.1, 0.15) is 146 Å². The fraction of sp³-hybridized carbons (Fsp3) is 0.966. The zero-order chi connectivity index (χ0) is 57.6. The maximum atomic E-state index is 13.3. The highest BCUT2D eigenvalue weighted by Crippen LogP contribution is 2.79. The van der Waals surface area contributed by atoms with Crippen LogP contribution in [-0.4, -0.2) is 208 Å². The van der Waals surface area contributed by atoms with E-state index >= 15 is 0 Å². The number of esters is 2. The molecule has 6 heterocycles. The Labute approximate surface area is 471 Å². The summed E-state index contributed by atoms with van der Waals surface area (Å²) in [5.74, 6) is -2.50. The van der Waals surface area contributed by atoms with Crippen LogP contribution in [0.5, 0.6) is 0 Å². The predicted molar refractivity (Wildman–Crippen MR) is 278 cm³/mol. The largest absolute Gasteiger partial charge is 0.462 e. The SMILES string of the molecule is CCC(C)C(=O)O[C@@H](C)[C@]1(O)CC[C@@]23O[C@@]4(C)OC[C@]21[C@H](OC(C)=O)C[C@@H]1[C@@]2(C)CC[C@H](O[C@H]5C[C@H](OC)[C@H](O[C@H]6C[C@H](OC)[C@H](O[C@H]7C[C@@H](OC)[C@H](O[C@@H]8O[C@H](C)[C@@H](O)[C@H](OC)[C@H]8O)[C@@H](C)O7)[C@@H](C)O6)[C@@H](C)O5)C[C@@H]2CC[C@]13O4. The minimum atomic E-state index is -1.65. The van der Waals surface area contributed by atoms with Gasteiger partial charge in [0.15, 0.2) is 25.2 Å². The van der Waals surface area contributed by atoms with Gasteiger partial charge in [0, 0.05) is 67.5 Å². The third-order valence-corrected chi connectivity index (χ3v) is 21.4. The summed E-state index contributed by atoms with van der Waals surface area (Å²) in [7, 11) is 6.32. The number of hydrogen-bond acceptors (Lipinski definition) is 22. The summed E-state index contributed by atoms with van der Waals surface area (Å²) in [6.07, 6.45) is -6.40. The molecule has 29 atom stereocenters. The summed E-state index contributed by atoms with van der Waals surface area (Å²) in [6, 6.07) is 0. The predicted octanol–water partition coefficient (Wildman–Crippen LogP) is 4.73. The van der Waals surface area contributed by atoms with Crippen molar-refractivity contribution >= 4 is 11.9 Å². The molecule has 458 valence electrons. The Morgan fingerprint density at radius 3 is 1.77 bits per heavy atom. The fourth-order valence-electron chi connectivity index (χ4n) is 17.0. The van der Waals surface area contributed by atoms with E-state index in [2.05, 4.69) is 6.92 Å². The van der Waals surface area contributed by atoms with Crippen molar-refractivity contribution in [3.05, 3.63) is 0 Å². The van der Waals surface area contributed by atoms with E-state index in [4.69, 9.17) is 80.5 Å². The molecule has 3 N–H and O–H groups in total. The van der Waals surface area contributed by atoms with Crippen molar-refractivity contribution in [2.75, 3.05) is 35.0 Å². The van der Waals surface area contributed by atoms with Crippen molar-refractivity contribution in [2.45, 2.75) is 292 Å². The van der Waals surface area contributed by atoms with Crippen LogP contribution < -0.4 is 0 Å². The topological polar surface area (TPSA) is 252 Å². The minimum absolute atomic E-state index is 0.0124. The van der Waals surface area contributed by atoms with Crippen LogP contribution in [0.2, 0.25) is 0 Å². The van der Waals surface area contributed by atoms with Gasteiger partial charge in [0.1, 0.15) is 65.6 Å². The summed E-state index contributed by atoms with van der Waals surface area (Å²) in [4.78, 5) is 26.5. The highest BCUT2D eigenvalue weighted by molar-refractivity contribution is 5.72.